The van der Waals surface area contributed by atoms with Crippen LogP contribution in [0, 0.1) is 5.92 Å². The largest absolute Gasteiger partial charge is 0.504 e. The van der Waals surface area contributed by atoms with Crippen LogP contribution in [-0.2, 0) is 19.1 Å². The van der Waals surface area contributed by atoms with Crippen LogP contribution < -0.4 is 4.74 Å². The molecule has 0 saturated heterocycles. The number of phenolic OH excluding ortho intramolecular Hbond substituents is 1. The minimum atomic E-state index is -0.716. The minimum absolute atomic E-state index is 0.00986. The van der Waals surface area contributed by atoms with E-state index in [1.165, 1.54) is 6.07 Å². The summed E-state index contributed by atoms with van der Waals surface area (Å²) < 4.78 is 16.2. The fourth-order valence-electron chi connectivity index (χ4n) is 4.10. The van der Waals surface area contributed by atoms with Gasteiger partial charge in [0.2, 0.25) is 0 Å². The zero-order chi connectivity index (χ0) is 21.7. The van der Waals surface area contributed by atoms with Gasteiger partial charge in [0.05, 0.1) is 13.2 Å². The number of benzene rings is 1. The molecule has 162 valence electrons. The molecule has 0 amide bonds. The Morgan fingerprint density at radius 2 is 2.00 bits per heavy atom. The van der Waals surface area contributed by atoms with Crippen LogP contribution in [0.4, 0.5) is 0 Å². The molecule has 1 aliphatic carbocycles. The predicted molar refractivity (Wildman–Crippen MR) is 112 cm³/mol. The number of aliphatic imine (C=N–C) groups is 1. The molecular weight excluding hydrogens is 386 g/mol. The van der Waals surface area contributed by atoms with Gasteiger partial charge in [0.25, 0.3) is 0 Å². The summed E-state index contributed by atoms with van der Waals surface area (Å²) in [6, 6.07) is 4.97. The Kier molecular flexibility index (Phi) is 7.26. The molecule has 0 radical (unpaired) electrons. The summed E-state index contributed by atoms with van der Waals surface area (Å²) in [6.07, 6.45) is 1.90. The van der Waals surface area contributed by atoms with Crippen LogP contribution in [0.2, 0.25) is 0 Å². The molecule has 1 aromatic rings. The number of hydrogen-bond donors (Lipinski definition) is 1. The van der Waals surface area contributed by atoms with E-state index in [1.807, 2.05) is 13.8 Å². The van der Waals surface area contributed by atoms with Gasteiger partial charge in [-0.1, -0.05) is 6.07 Å². The van der Waals surface area contributed by atoms with Crippen LogP contribution in [0.3, 0.4) is 0 Å². The van der Waals surface area contributed by atoms with Crippen LogP contribution in [-0.4, -0.2) is 49.0 Å². The summed E-state index contributed by atoms with van der Waals surface area (Å²) >= 11 is 0. The lowest BCUT2D eigenvalue weighted by Gasteiger charge is -2.34. The van der Waals surface area contributed by atoms with Crippen molar-refractivity contribution in [3.05, 3.63) is 35.0 Å². The second-order valence-electron chi connectivity index (χ2n) is 7.37. The Balaban J connectivity index is 2.02. The summed E-state index contributed by atoms with van der Waals surface area (Å²) in [5, 5.41) is 10.1. The number of nitrogens with zero attached hydrogens (tertiary/aromatic N) is 1. The number of carbonyl (C=O) groups excluding carboxylic acids is 2. The highest BCUT2D eigenvalue weighted by molar-refractivity contribution is 6.08. The molecule has 2 aliphatic rings. The van der Waals surface area contributed by atoms with Crippen molar-refractivity contribution in [1.82, 2.24) is 0 Å². The van der Waals surface area contributed by atoms with Crippen molar-refractivity contribution >= 4 is 17.5 Å². The normalized spacial score (nSPS) is 21.2. The molecule has 1 unspecified atom stereocenters. The molecule has 3 rings (SSSR count). The van der Waals surface area contributed by atoms with E-state index in [0.29, 0.717) is 49.7 Å². The number of ketones is 1. The summed E-state index contributed by atoms with van der Waals surface area (Å²) in [6.45, 7) is 6.89. The predicted octanol–water partition coefficient (Wildman–Crippen LogP) is 3.55. The second-order valence-corrected chi connectivity index (χ2v) is 7.37. The standard InChI is InChI=1S/C23H29NO6/c1-4-28-11-12-30-23(27)20-14(3)24-16-7-6-8-18(26)22(16)21(20)15-9-10-17(25)19(13-15)29-5-2/h9-10,13,20-21,25H,4-8,11-12H2,1-3H3/t20?,21-/m1/s1. The lowest BCUT2D eigenvalue weighted by Crippen LogP contribution is -2.37. The maximum Gasteiger partial charge on any atom is 0.315 e. The van der Waals surface area contributed by atoms with Crippen molar-refractivity contribution in [2.24, 2.45) is 10.9 Å². The van der Waals surface area contributed by atoms with E-state index in [4.69, 9.17) is 14.2 Å². The van der Waals surface area contributed by atoms with Gasteiger partial charge < -0.3 is 19.3 Å². The van der Waals surface area contributed by atoms with Crippen molar-refractivity contribution in [2.75, 3.05) is 26.4 Å². The van der Waals surface area contributed by atoms with Gasteiger partial charge in [-0.2, -0.15) is 0 Å². The van der Waals surface area contributed by atoms with Crippen LogP contribution in [0.5, 0.6) is 11.5 Å². The Labute approximate surface area is 176 Å². The molecule has 7 heteroatoms. The quantitative estimate of drug-likeness (QED) is 0.515. The minimum Gasteiger partial charge on any atom is -0.504 e. The Morgan fingerprint density at radius 1 is 1.20 bits per heavy atom. The van der Waals surface area contributed by atoms with Gasteiger partial charge in [-0.25, -0.2) is 0 Å². The molecule has 0 aromatic heterocycles. The topological polar surface area (TPSA) is 94.4 Å². The zero-order valence-electron chi connectivity index (χ0n) is 17.8. The second kappa shape index (κ2) is 9.89. The van der Waals surface area contributed by atoms with E-state index in [1.54, 1.807) is 19.1 Å². The SMILES string of the molecule is CCOCCOC(=O)C1C(C)=NC2=C(C(=O)CCC2)[C@@H]1c1ccc(O)c(OCC)c1. The summed E-state index contributed by atoms with van der Waals surface area (Å²) in [4.78, 5) is 30.5. The van der Waals surface area contributed by atoms with Crippen LogP contribution in [0.25, 0.3) is 0 Å². The van der Waals surface area contributed by atoms with E-state index in [0.717, 1.165) is 17.7 Å². The van der Waals surface area contributed by atoms with E-state index in [2.05, 4.69) is 4.99 Å². The van der Waals surface area contributed by atoms with Crippen molar-refractivity contribution in [1.29, 1.82) is 0 Å². The third kappa shape index (κ3) is 4.56. The van der Waals surface area contributed by atoms with Gasteiger partial charge in [0.15, 0.2) is 17.3 Å². The highest BCUT2D eigenvalue weighted by atomic mass is 16.6. The van der Waals surface area contributed by atoms with Gasteiger partial charge >= 0.3 is 5.97 Å². The third-order valence-corrected chi connectivity index (χ3v) is 5.41. The molecule has 7 nitrogen and oxygen atoms in total. The number of esters is 1. The van der Waals surface area contributed by atoms with E-state index < -0.39 is 17.8 Å². The number of allylic oxidation sites excluding steroid dienone is 2. The number of ether oxygens (including phenoxy) is 3. The van der Waals surface area contributed by atoms with E-state index in [9.17, 15) is 14.7 Å². The van der Waals surface area contributed by atoms with Gasteiger partial charge in [-0.3, -0.25) is 14.6 Å². The molecule has 0 spiro atoms. The van der Waals surface area contributed by atoms with E-state index >= 15 is 0 Å². The first-order valence-electron chi connectivity index (χ1n) is 10.5. The molecule has 0 bridgehead atoms. The van der Waals surface area contributed by atoms with Gasteiger partial charge in [0.1, 0.15) is 12.5 Å². The average molecular weight is 415 g/mol. The Bertz CT molecular complexity index is 872. The molecule has 1 heterocycles. The first kappa shape index (κ1) is 22.0. The van der Waals surface area contributed by atoms with Crippen molar-refractivity contribution < 1.29 is 28.9 Å². The molecule has 2 atom stereocenters. The van der Waals surface area contributed by atoms with Crippen molar-refractivity contribution in [3.8, 4) is 11.5 Å². The molecule has 0 fully saturated rings. The number of carbonyl (C=O) groups is 2. The molecule has 1 aliphatic heterocycles. The summed E-state index contributed by atoms with van der Waals surface area (Å²) in [5.74, 6) is -1.32. The maximum absolute atomic E-state index is 13.0. The summed E-state index contributed by atoms with van der Waals surface area (Å²) in [7, 11) is 0. The number of hydrogen-bond acceptors (Lipinski definition) is 7. The van der Waals surface area contributed by atoms with Gasteiger partial charge in [-0.15, -0.1) is 0 Å². The van der Waals surface area contributed by atoms with Crippen LogP contribution in [0.15, 0.2) is 34.5 Å². The van der Waals surface area contributed by atoms with Crippen LogP contribution in [0.1, 0.15) is 51.5 Å². The highest BCUT2D eigenvalue weighted by Crippen LogP contribution is 2.45. The lowest BCUT2D eigenvalue weighted by atomic mass is 9.71. The fraction of sp³-hybridized carbons (Fsp3) is 0.522. The van der Waals surface area contributed by atoms with E-state index in [-0.39, 0.29) is 18.1 Å². The molecule has 1 aromatic carbocycles. The Morgan fingerprint density at radius 3 is 2.73 bits per heavy atom. The summed E-state index contributed by atoms with van der Waals surface area (Å²) in [5.41, 5.74) is 2.67. The average Bonchev–Trinajstić information content (AvgIpc) is 2.72. The maximum atomic E-state index is 13.0. The highest BCUT2D eigenvalue weighted by Gasteiger charge is 2.43. The van der Waals surface area contributed by atoms with Crippen molar-refractivity contribution in [3.63, 3.8) is 0 Å². The van der Waals surface area contributed by atoms with Crippen LogP contribution >= 0.6 is 0 Å². The third-order valence-electron chi connectivity index (χ3n) is 5.41. The van der Waals surface area contributed by atoms with Gasteiger partial charge in [0, 0.05) is 35.9 Å². The van der Waals surface area contributed by atoms with Crippen molar-refractivity contribution in [2.45, 2.75) is 46.0 Å². The Hall–Kier alpha value is -2.67. The molecular formula is C23H29NO6. The number of Topliss-reactive ketones (excluding diaryl/α,β-unsaturated/α-hetero) is 1. The lowest BCUT2D eigenvalue weighted by molar-refractivity contribution is -0.148. The zero-order valence-corrected chi connectivity index (χ0v) is 17.8. The number of aromatic hydroxyl groups is 1. The number of rotatable bonds is 8. The number of phenols is 1. The first-order chi connectivity index (χ1) is 14.5. The smallest absolute Gasteiger partial charge is 0.315 e. The fourth-order valence-corrected chi connectivity index (χ4v) is 4.10. The monoisotopic (exact) mass is 415 g/mol. The molecule has 1 N–H and O–H groups in total. The first-order valence-corrected chi connectivity index (χ1v) is 10.5. The van der Waals surface area contributed by atoms with Gasteiger partial charge in [-0.05, 0) is 51.3 Å². The molecule has 30 heavy (non-hydrogen) atoms. The molecule has 0 saturated carbocycles.